The number of benzene rings is 1. The van der Waals surface area contributed by atoms with Crippen LogP contribution in [0.4, 0.5) is 4.79 Å². The first-order valence-electron chi connectivity index (χ1n) is 11.6. The molecule has 1 aliphatic carbocycles. The van der Waals surface area contributed by atoms with Gasteiger partial charge in [0.15, 0.2) is 0 Å². The molecule has 0 unspecified atom stereocenters. The highest BCUT2D eigenvalue weighted by Crippen LogP contribution is 2.41. The minimum atomic E-state index is -1.10. The number of urea groups is 1. The van der Waals surface area contributed by atoms with Crippen LogP contribution in [0.3, 0.4) is 0 Å². The lowest BCUT2D eigenvalue weighted by Crippen LogP contribution is -2.56. The van der Waals surface area contributed by atoms with Crippen LogP contribution in [0.2, 0.25) is 0 Å². The summed E-state index contributed by atoms with van der Waals surface area (Å²) in [6, 6.07) is 6.96. The third-order valence-corrected chi connectivity index (χ3v) is 7.12. The quantitative estimate of drug-likeness (QED) is 0.434. The van der Waals surface area contributed by atoms with E-state index in [1.807, 2.05) is 24.3 Å². The molecule has 180 valence electrons. The highest BCUT2D eigenvalue weighted by atomic mass is 16.5. The number of imide groups is 1. The molecule has 6 amide bonds. The minimum Gasteiger partial charge on any atom is -0.378 e. The number of carbonyl (C=O) groups is 5. The SMILES string of the molecule is O=C(CN1C(=O)N[C@]2(CCc3ccccc32)C1=O)N1CCN(C(=O)C(=O)N2CCOCC2)CC1. The van der Waals surface area contributed by atoms with Crippen LogP contribution in [0.25, 0.3) is 0 Å². The van der Waals surface area contributed by atoms with E-state index in [0.29, 0.717) is 39.1 Å². The van der Waals surface area contributed by atoms with Crippen molar-refractivity contribution in [3.63, 3.8) is 0 Å². The molecule has 5 rings (SSSR count). The summed E-state index contributed by atoms with van der Waals surface area (Å²) in [7, 11) is 0. The van der Waals surface area contributed by atoms with Gasteiger partial charge >= 0.3 is 17.8 Å². The molecular weight excluding hydrogens is 442 g/mol. The number of carbonyl (C=O) groups excluding carboxylic acids is 5. The fourth-order valence-corrected chi connectivity index (χ4v) is 5.16. The molecule has 1 spiro atoms. The Labute approximate surface area is 196 Å². The Hall–Kier alpha value is -3.47. The zero-order valence-electron chi connectivity index (χ0n) is 18.8. The predicted octanol–water partition coefficient (Wildman–Crippen LogP) is -1.09. The zero-order valence-corrected chi connectivity index (χ0v) is 18.8. The van der Waals surface area contributed by atoms with Gasteiger partial charge in [0.25, 0.3) is 5.91 Å². The maximum absolute atomic E-state index is 13.3. The molecule has 3 heterocycles. The first-order chi connectivity index (χ1) is 16.4. The van der Waals surface area contributed by atoms with E-state index in [9.17, 15) is 24.0 Å². The van der Waals surface area contributed by atoms with Crippen LogP contribution in [-0.4, -0.2) is 108 Å². The number of amides is 6. The lowest BCUT2D eigenvalue weighted by Gasteiger charge is -2.36. The Morgan fingerprint density at radius 2 is 1.50 bits per heavy atom. The Bertz CT molecular complexity index is 1050. The molecule has 0 aromatic heterocycles. The summed E-state index contributed by atoms with van der Waals surface area (Å²) in [6.07, 6.45) is 1.16. The van der Waals surface area contributed by atoms with Crippen LogP contribution in [-0.2, 0) is 35.9 Å². The molecule has 34 heavy (non-hydrogen) atoms. The molecule has 3 fully saturated rings. The van der Waals surface area contributed by atoms with Crippen molar-refractivity contribution in [2.75, 3.05) is 59.0 Å². The number of aryl methyl sites for hydroxylation is 1. The van der Waals surface area contributed by atoms with E-state index < -0.39 is 29.3 Å². The zero-order chi connectivity index (χ0) is 23.9. The summed E-state index contributed by atoms with van der Waals surface area (Å²) in [5, 5.41) is 2.82. The van der Waals surface area contributed by atoms with Gasteiger partial charge in [-0.3, -0.25) is 24.1 Å². The number of rotatable bonds is 2. The maximum Gasteiger partial charge on any atom is 0.325 e. The van der Waals surface area contributed by atoms with Crippen molar-refractivity contribution in [3.8, 4) is 0 Å². The normalized spacial score (nSPS) is 24.5. The number of ether oxygens (including phenoxy) is 1. The number of hydrogen-bond acceptors (Lipinski definition) is 6. The van der Waals surface area contributed by atoms with Gasteiger partial charge in [0.1, 0.15) is 12.1 Å². The summed E-state index contributed by atoms with van der Waals surface area (Å²) in [4.78, 5) is 69.3. The van der Waals surface area contributed by atoms with Gasteiger partial charge < -0.3 is 24.8 Å². The molecule has 0 saturated carbocycles. The summed E-state index contributed by atoms with van der Waals surface area (Å²) in [5.41, 5.74) is 0.718. The monoisotopic (exact) mass is 469 g/mol. The van der Waals surface area contributed by atoms with Gasteiger partial charge in [-0.1, -0.05) is 24.3 Å². The largest absolute Gasteiger partial charge is 0.378 e. The van der Waals surface area contributed by atoms with Crippen LogP contribution in [0.15, 0.2) is 24.3 Å². The van der Waals surface area contributed by atoms with Gasteiger partial charge in [-0.2, -0.15) is 0 Å². The van der Waals surface area contributed by atoms with E-state index in [2.05, 4.69) is 5.32 Å². The first-order valence-corrected chi connectivity index (χ1v) is 11.6. The Balaban J connectivity index is 1.18. The molecule has 1 atom stereocenters. The van der Waals surface area contributed by atoms with Crippen LogP contribution in [0.1, 0.15) is 17.5 Å². The van der Waals surface area contributed by atoms with E-state index >= 15 is 0 Å². The Morgan fingerprint density at radius 1 is 0.882 bits per heavy atom. The molecule has 3 aliphatic heterocycles. The number of hydrogen-bond donors (Lipinski definition) is 1. The highest BCUT2D eigenvalue weighted by molar-refractivity contribution is 6.35. The van der Waals surface area contributed by atoms with Crippen LogP contribution >= 0.6 is 0 Å². The number of fused-ring (bicyclic) bond motifs is 2. The van der Waals surface area contributed by atoms with Crippen molar-refractivity contribution in [2.45, 2.75) is 18.4 Å². The van der Waals surface area contributed by atoms with Gasteiger partial charge in [-0.25, -0.2) is 4.79 Å². The lowest BCUT2D eigenvalue weighted by atomic mass is 9.92. The van der Waals surface area contributed by atoms with Crippen LogP contribution in [0, 0.1) is 0 Å². The van der Waals surface area contributed by atoms with Crippen molar-refractivity contribution < 1.29 is 28.7 Å². The second-order valence-corrected chi connectivity index (χ2v) is 8.96. The summed E-state index contributed by atoms with van der Waals surface area (Å²) < 4.78 is 5.21. The second kappa shape index (κ2) is 8.71. The van der Waals surface area contributed by atoms with Crippen molar-refractivity contribution in [1.29, 1.82) is 0 Å². The minimum absolute atomic E-state index is 0.220. The van der Waals surface area contributed by atoms with Gasteiger partial charge in [0.05, 0.1) is 13.2 Å². The molecular formula is C23H27N5O6. The third-order valence-electron chi connectivity index (χ3n) is 7.12. The standard InChI is InChI=1S/C23H27N5O6/c29-18(25-7-9-26(10-8-25)19(30)20(31)27-11-13-34-14-12-27)15-28-21(32)23(24-22(28)33)6-5-16-3-1-2-4-17(16)23/h1-4H,5-15H2,(H,24,33)/t23-/m0/s1. The van der Waals surface area contributed by atoms with Crippen molar-refractivity contribution in [3.05, 3.63) is 35.4 Å². The van der Waals surface area contributed by atoms with Crippen LogP contribution < -0.4 is 5.32 Å². The molecule has 11 nitrogen and oxygen atoms in total. The smallest absolute Gasteiger partial charge is 0.325 e. The van der Waals surface area contributed by atoms with Crippen molar-refractivity contribution in [2.24, 2.45) is 0 Å². The number of nitrogens with zero attached hydrogens (tertiary/aromatic N) is 4. The third kappa shape index (κ3) is 3.69. The average molecular weight is 469 g/mol. The van der Waals surface area contributed by atoms with Gasteiger partial charge in [-0.15, -0.1) is 0 Å². The lowest BCUT2D eigenvalue weighted by molar-refractivity contribution is -0.155. The summed E-state index contributed by atoms with van der Waals surface area (Å²) >= 11 is 0. The molecule has 3 saturated heterocycles. The first kappa shape index (κ1) is 22.3. The predicted molar refractivity (Wildman–Crippen MR) is 117 cm³/mol. The molecule has 0 radical (unpaired) electrons. The molecule has 1 aromatic carbocycles. The molecule has 0 bridgehead atoms. The van der Waals surface area contributed by atoms with E-state index in [1.165, 1.54) is 14.7 Å². The molecule has 11 heteroatoms. The molecule has 1 N–H and O–H groups in total. The number of morpholine rings is 1. The van der Waals surface area contributed by atoms with Crippen molar-refractivity contribution >= 4 is 29.7 Å². The fourth-order valence-electron chi connectivity index (χ4n) is 5.16. The Morgan fingerprint density at radius 3 is 2.21 bits per heavy atom. The van der Waals surface area contributed by atoms with Gasteiger partial charge in [-0.05, 0) is 24.0 Å². The van der Waals surface area contributed by atoms with E-state index in [1.54, 1.807) is 0 Å². The van der Waals surface area contributed by atoms with Crippen molar-refractivity contribution in [1.82, 2.24) is 24.9 Å². The van der Waals surface area contributed by atoms with Crippen LogP contribution in [0.5, 0.6) is 0 Å². The highest BCUT2D eigenvalue weighted by Gasteiger charge is 2.55. The molecule has 1 aromatic rings. The summed E-state index contributed by atoms with van der Waals surface area (Å²) in [5.74, 6) is -1.89. The number of piperazine rings is 1. The van der Waals surface area contributed by atoms with Gasteiger partial charge in [0.2, 0.25) is 5.91 Å². The van der Waals surface area contributed by atoms with E-state index in [-0.39, 0.29) is 38.6 Å². The summed E-state index contributed by atoms with van der Waals surface area (Å²) in [6.45, 7) is 2.17. The number of nitrogens with one attached hydrogen (secondary N) is 1. The van der Waals surface area contributed by atoms with E-state index in [4.69, 9.17) is 4.74 Å². The Kier molecular flexibility index (Phi) is 5.72. The fraction of sp³-hybridized carbons (Fsp3) is 0.522. The van der Waals surface area contributed by atoms with E-state index in [0.717, 1.165) is 16.0 Å². The van der Waals surface area contributed by atoms with Gasteiger partial charge in [0, 0.05) is 39.3 Å². The average Bonchev–Trinajstić information content (AvgIpc) is 3.36. The molecule has 4 aliphatic rings. The maximum atomic E-state index is 13.3. The topological polar surface area (TPSA) is 120 Å². The second-order valence-electron chi connectivity index (χ2n) is 8.96.